The minimum atomic E-state index is -0.370. The third kappa shape index (κ3) is 3.35. The molecule has 0 bridgehead atoms. The normalized spacial score (nSPS) is 9.79. The molecule has 0 aromatic carbocycles. The molecule has 0 saturated carbocycles. The van der Waals surface area contributed by atoms with E-state index in [1.807, 2.05) is 0 Å². The number of carbonyl (C=O) groups excluding carboxylic acids is 2. The molecule has 0 fully saturated rings. The van der Waals surface area contributed by atoms with E-state index in [4.69, 9.17) is 5.73 Å². The number of rotatable bonds is 4. The van der Waals surface area contributed by atoms with E-state index < -0.39 is 0 Å². The molecular weight excluding hydrogens is 180 g/mol. The van der Waals surface area contributed by atoms with E-state index in [2.05, 4.69) is 0 Å². The van der Waals surface area contributed by atoms with Gasteiger partial charge in [0.15, 0.2) is 18.2 Å². The van der Waals surface area contributed by atoms with E-state index in [1.165, 1.54) is 6.92 Å². The summed E-state index contributed by atoms with van der Waals surface area (Å²) in [6, 6.07) is 3.60. The van der Waals surface area contributed by atoms with Crippen molar-refractivity contribution in [2.24, 2.45) is 5.73 Å². The van der Waals surface area contributed by atoms with Crippen molar-refractivity contribution in [1.29, 1.82) is 0 Å². The molecule has 0 spiro atoms. The number of hydrogen-bond acceptors (Lipinski definition) is 2. The minimum absolute atomic E-state index is 0.0752. The summed E-state index contributed by atoms with van der Waals surface area (Å²) in [5.41, 5.74) is 5.88. The molecule has 14 heavy (non-hydrogen) atoms. The van der Waals surface area contributed by atoms with Crippen LogP contribution in [0.5, 0.6) is 0 Å². The molecule has 1 amide bonds. The van der Waals surface area contributed by atoms with E-state index in [0.29, 0.717) is 6.54 Å². The number of aromatic nitrogens is 1. The second-order valence-electron chi connectivity index (χ2n) is 3.23. The average molecular weight is 193 g/mol. The third-order valence-corrected chi connectivity index (χ3v) is 1.70. The van der Waals surface area contributed by atoms with Crippen LogP contribution in [0.1, 0.15) is 12.5 Å². The van der Waals surface area contributed by atoms with E-state index in [-0.39, 0.29) is 18.1 Å². The molecule has 0 unspecified atom stereocenters. The first-order valence-electron chi connectivity index (χ1n) is 4.33. The van der Waals surface area contributed by atoms with Crippen molar-refractivity contribution in [2.45, 2.75) is 19.9 Å². The third-order valence-electron chi connectivity index (χ3n) is 1.70. The number of nitrogens with two attached hydrogens (primary N) is 1. The SMILES string of the molecule is CC(=O)C[n+]1cccc(CC(N)=O)c1. The van der Waals surface area contributed by atoms with Crippen LogP contribution in [-0.2, 0) is 22.6 Å². The van der Waals surface area contributed by atoms with Gasteiger partial charge in [0.2, 0.25) is 12.5 Å². The first-order valence-corrected chi connectivity index (χ1v) is 4.33. The fourth-order valence-corrected chi connectivity index (χ4v) is 1.24. The first kappa shape index (κ1) is 10.4. The van der Waals surface area contributed by atoms with E-state index in [9.17, 15) is 9.59 Å². The first-order chi connectivity index (χ1) is 6.58. The van der Waals surface area contributed by atoms with Gasteiger partial charge in [0.05, 0.1) is 6.42 Å². The Hall–Kier alpha value is -1.71. The topological polar surface area (TPSA) is 64.0 Å². The van der Waals surface area contributed by atoms with Crippen LogP contribution < -0.4 is 10.3 Å². The van der Waals surface area contributed by atoms with Gasteiger partial charge in [0, 0.05) is 18.6 Å². The summed E-state index contributed by atoms with van der Waals surface area (Å²) in [5, 5.41) is 0. The van der Waals surface area contributed by atoms with Crippen LogP contribution in [0.25, 0.3) is 0 Å². The van der Waals surface area contributed by atoms with Crippen LogP contribution in [-0.4, -0.2) is 11.7 Å². The highest BCUT2D eigenvalue weighted by atomic mass is 16.1. The molecule has 0 aliphatic carbocycles. The van der Waals surface area contributed by atoms with Gasteiger partial charge in [-0.1, -0.05) is 0 Å². The molecule has 0 aliphatic heterocycles. The lowest BCUT2D eigenvalue weighted by Crippen LogP contribution is -2.37. The van der Waals surface area contributed by atoms with E-state index in [1.54, 1.807) is 29.1 Å². The highest BCUT2D eigenvalue weighted by Gasteiger charge is 2.06. The number of primary amides is 1. The number of amides is 1. The Morgan fingerprint density at radius 1 is 1.50 bits per heavy atom. The van der Waals surface area contributed by atoms with Crippen LogP contribution in [0.15, 0.2) is 24.5 Å². The summed E-state index contributed by atoms with van der Waals surface area (Å²) in [4.78, 5) is 21.5. The van der Waals surface area contributed by atoms with Gasteiger partial charge in [-0.2, -0.15) is 4.57 Å². The minimum Gasteiger partial charge on any atom is -0.369 e. The maximum atomic E-state index is 10.8. The molecule has 0 atom stereocenters. The van der Waals surface area contributed by atoms with E-state index >= 15 is 0 Å². The van der Waals surface area contributed by atoms with Crippen molar-refractivity contribution in [2.75, 3.05) is 0 Å². The fraction of sp³-hybridized carbons (Fsp3) is 0.300. The maximum absolute atomic E-state index is 10.8. The second-order valence-corrected chi connectivity index (χ2v) is 3.23. The summed E-state index contributed by atoms with van der Waals surface area (Å²) in [5.74, 6) is -0.295. The van der Waals surface area contributed by atoms with Crippen molar-refractivity contribution < 1.29 is 14.2 Å². The molecule has 1 aromatic rings. The molecule has 1 rings (SSSR count). The zero-order valence-electron chi connectivity index (χ0n) is 8.06. The largest absolute Gasteiger partial charge is 0.369 e. The lowest BCUT2D eigenvalue weighted by atomic mass is 10.2. The lowest BCUT2D eigenvalue weighted by Gasteiger charge is -1.96. The number of nitrogens with zero attached hydrogens (tertiary/aromatic N) is 1. The number of carbonyl (C=O) groups is 2. The molecule has 0 saturated heterocycles. The van der Waals surface area contributed by atoms with Gasteiger partial charge < -0.3 is 5.73 Å². The van der Waals surface area contributed by atoms with Crippen LogP contribution in [0.4, 0.5) is 0 Å². The molecule has 2 N–H and O–H groups in total. The van der Waals surface area contributed by atoms with Gasteiger partial charge in [-0.25, -0.2) is 0 Å². The maximum Gasteiger partial charge on any atom is 0.222 e. The summed E-state index contributed by atoms with van der Waals surface area (Å²) in [6.45, 7) is 1.85. The van der Waals surface area contributed by atoms with E-state index in [0.717, 1.165) is 5.56 Å². The van der Waals surface area contributed by atoms with Crippen LogP contribution in [0.2, 0.25) is 0 Å². The predicted octanol–water partition coefficient (Wildman–Crippen LogP) is -0.409. The van der Waals surface area contributed by atoms with Crippen LogP contribution in [0, 0.1) is 0 Å². The molecule has 74 valence electrons. The van der Waals surface area contributed by atoms with Gasteiger partial charge in [-0.15, -0.1) is 0 Å². The summed E-state index contributed by atoms with van der Waals surface area (Å²) < 4.78 is 1.74. The fourth-order valence-electron chi connectivity index (χ4n) is 1.24. The lowest BCUT2D eigenvalue weighted by molar-refractivity contribution is -0.684. The summed E-state index contributed by atoms with van der Waals surface area (Å²) in [7, 11) is 0. The Bertz CT molecular complexity index is 330. The Balaban J connectivity index is 2.78. The van der Waals surface area contributed by atoms with Gasteiger partial charge in [-0.3, -0.25) is 9.59 Å². The molecule has 4 nitrogen and oxygen atoms in total. The highest BCUT2D eigenvalue weighted by Crippen LogP contribution is 1.94. The van der Waals surface area contributed by atoms with Crippen molar-refractivity contribution >= 4 is 11.7 Å². The summed E-state index contributed by atoms with van der Waals surface area (Å²) >= 11 is 0. The Morgan fingerprint density at radius 2 is 2.21 bits per heavy atom. The van der Waals surface area contributed by atoms with Crippen LogP contribution in [0.3, 0.4) is 0 Å². The highest BCUT2D eigenvalue weighted by molar-refractivity contribution is 5.76. The molecular formula is C10H13N2O2+. The Kier molecular flexibility index (Phi) is 3.34. The number of pyridine rings is 1. The smallest absolute Gasteiger partial charge is 0.222 e. The average Bonchev–Trinajstić information content (AvgIpc) is 2.01. The number of hydrogen-bond donors (Lipinski definition) is 1. The molecule has 1 heterocycles. The molecule has 0 radical (unpaired) electrons. The molecule has 0 aliphatic rings. The molecule has 4 heteroatoms. The van der Waals surface area contributed by atoms with Gasteiger partial charge >= 0.3 is 0 Å². The van der Waals surface area contributed by atoms with Crippen molar-refractivity contribution in [3.63, 3.8) is 0 Å². The van der Waals surface area contributed by atoms with Gasteiger partial charge in [0.25, 0.3) is 0 Å². The van der Waals surface area contributed by atoms with Crippen molar-refractivity contribution in [3.8, 4) is 0 Å². The number of Topliss-reactive ketones (excluding diaryl/α,β-unsaturated/α-hetero) is 1. The summed E-state index contributed by atoms with van der Waals surface area (Å²) in [6.07, 6.45) is 3.75. The van der Waals surface area contributed by atoms with Gasteiger partial charge in [0.1, 0.15) is 0 Å². The van der Waals surface area contributed by atoms with Crippen molar-refractivity contribution in [3.05, 3.63) is 30.1 Å². The number of ketones is 1. The zero-order chi connectivity index (χ0) is 10.6. The van der Waals surface area contributed by atoms with Crippen LogP contribution >= 0.6 is 0 Å². The zero-order valence-corrected chi connectivity index (χ0v) is 8.06. The Labute approximate surface area is 82.3 Å². The molecule has 1 aromatic heterocycles. The van der Waals surface area contributed by atoms with Gasteiger partial charge in [-0.05, 0) is 6.07 Å². The quantitative estimate of drug-likeness (QED) is 0.661. The Morgan fingerprint density at radius 3 is 2.79 bits per heavy atom. The van der Waals surface area contributed by atoms with Crippen molar-refractivity contribution in [1.82, 2.24) is 0 Å². The predicted molar refractivity (Wildman–Crippen MR) is 50.2 cm³/mol. The second kappa shape index (κ2) is 4.50. The monoisotopic (exact) mass is 193 g/mol. The standard InChI is InChI=1S/C10H12N2O2/c1-8(13)6-12-4-2-3-9(7-12)5-10(11)14/h2-4,7H,5-6H2,1H3,(H-,11,14)/p+1.